The van der Waals surface area contributed by atoms with Crippen molar-refractivity contribution in [1.82, 2.24) is 5.32 Å². The van der Waals surface area contributed by atoms with Crippen LogP contribution in [0.2, 0.25) is 0 Å². The molecule has 0 aromatic heterocycles. The Labute approximate surface area is 181 Å². The SMILES string of the molecule is CC(C)NC(=O)c1ccccc1NC(=O)c1cccc(C(=O)N(C)c2ccccc2)c1. The third kappa shape index (κ3) is 5.36. The fraction of sp³-hybridized carbons (Fsp3) is 0.160. The molecule has 3 rings (SSSR count). The number of rotatable bonds is 6. The van der Waals surface area contributed by atoms with Gasteiger partial charge in [0.1, 0.15) is 0 Å². The van der Waals surface area contributed by atoms with Gasteiger partial charge in [-0.25, -0.2) is 0 Å². The second-order valence-corrected chi connectivity index (χ2v) is 7.41. The normalized spacial score (nSPS) is 10.5. The summed E-state index contributed by atoms with van der Waals surface area (Å²) in [4.78, 5) is 39.7. The van der Waals surface area contributed by atoms with E-state index in [0.717, 1.165) is 5.69 Å². The number of hydrogen-bond acceptors (Lipinski definition) is 3. The van der Waals surface area contributed by atoms with Crippen molar-refractivity contribution in [2.75, 3.05) is 17.3 Å². The van der Waals surface area contributed by atoms with Gasteiger partial charge in [0.05, 0.1) is 11.3 Å². The lowest BCUT2D eigenvalue weighted by Gasteiger charge is -2.18. The van der Waals surface area contributed by atoms with E-state index in [2.05, 4.69) is 10.6 Å². The highest BCUT2D eigenvalue weighted by Crippen LogP contribution is 2.19. The molecule has 6 nitrogen and oxygen atoms in total. The maximum Gasteiger partial charge on any atom is 0.258 e. The average Bonchev–Trinajstić information content (AvgIpc) is 2.78. The number of nitrogens with one attached hydrogen (secondary N) is 2. The van der Waals surface area contributed by atoms with Crippen LogP contribution in [0, 0.1) is 0 Å². The zero-order valence-electron chi connectivity index (χ0n) is 17.8. The number of para-hydroxylation sites is 2. The van der Waals surface area contributed by atoms with Gasteiger partial charge in [-0.3, -0.25) is 14.4 Å². The van der Waals surface area contributed by atoms with E-state index in [-0.39, 0.29) is 17.9 Å². The van der Waals surface area contributed by atoms with Crippen LogP contribution < -0.4 is 15.5 Å². The molecular weight excluding hydrogens is 390 g/mol. The van der Waals surface area contributed by atoms with Crippen molar-refractivity contribution in [2.45, 2.75) is 19.9 Å². The Kier molecular flexibility index (Phi) is 6.82. The first-order chi connectivity index (χ1) is 14.9. The molecule has 0 fully saturated rings. The number of carbonyl (C=O) groups is 3. The fourth-order valence-corrected chi connectivity index (χ4v) is 3.08. The summed E-state index contributed by atoms with van der Waals surface area (Å²) in [6, 6.07) is 22.6. The molecule has 2 N–H and O–H groups in total. The van der Waals surface area contributed by atoms with Crippen LogP contribution in [-0.4, -0.2) is 30.8 Å². The highest BCUT2D eigenvalue weighted by molar-refractivity contribution is 6.11. The lowest BCUT2D eigenvalue weighted by atomic mass is 10.1. The van der Waals surface area contributed by atoms with E-state index in [1.54, 1.807) is 55.6 Å². The predicted molar refractivity (Wildman–Crippen MR) is 123 cm³/mol. The molecule has 3 aromatic rings. The molecule has 0 spiro atoms. The Morgan fingerprint density at radius 2 is 1.42 bits per heavy atom. The maximum absolute atomic E-state index is 12.9. The van der Waals surface area contributed by atoms with E-state index in [1.807, 2.05) is 44.2 Å². The maximum atomic E-state index is 12.9. The highest BCUT2D eigenvalue weighted by atomic mass is 16.2. The summed E-state index contributed by atoms with van der Waals surface area (Å²) in [6.45, 7) is 3.74. The van der Waals surface area contributed by atoms with Crippen molar-refractivity contribution in [3.05, 3.63) is 95.6 Å². The molecule has 0 bridgehead atoms. The molecule has 0 saturated heterocycles. The van der Waals surface area contributed by atoms with Crippen LogP contribution in [0.5, 0.6) is 0 Å². The van der Waals surface area contributed by atoms with E-state index < -0.39 is 5.91 Å². The molecule has 0 aliphatic carbocycles. The zero-order valence-corrected chi connectivity index (χ0v) is 17.8. The third-order valence-electron chi connectivity index (χ3n) is 4.66. The van der Waals surface area contributed by atoms with Crippen LogP contribution in [0.1, 0.15) is 44.9 Å². The Hall–Kier alpha value is -3.93. The largest absolute Gasteiger partial charge is 0.350 e. The smallest absolute Gasteiger partial charge is 0.258 e. The van der Waals surface area contributed by atoms with Crippen molar-refractivity contribution in [1.29, 1.82) is 0 Å². The van der Waals surface area contributed by atoms with Crippen molar-refractivity contribution >= 4 is 29.1 Å². The number of hydrogen-bond donors (Lipinski definition) is 2. The summed E-state index contributed by atoms with van der Waals surface area (Å²) in [5.41, 5.74) is 2.26. The van der Waals surface area contributed by atoms with E-state index in [1.165, 1.54) is 4.90 Å². The summed E-state index contributed by atoms with van der Waals surface area (Å²) in [5.74, 6) is -0.890. The van der Waals surface area contributed by atoms with Gasteiger partial charge >= 0.3 is 0 Å². The Morgan fingerprint density at radius 1 is 0.774 bits per heavy atom. The molecule has 0 heterocycles. The molecule has 0 aliphatic heterocycles. The molecular formula is C25H25N3O3. The van der Waals surface area contributed by atoms with Crippen LogP contribution >= 0.6 is 0 Å². The Morgan fingerprint density at radius 3 is 2.13 bits per heavy atom. The van der Waals surface area contributed by atoms with Gasteiger partial charge in [0.25, 0.3) is 17.7 Å². The number of anilines is 2. The molecule has 3 amide bonds. The molecule has 6 heteroatoms. The van der Waals surface area contributed by atoms with E-state index in [4.69, 9.17) is 0 Å². The summed E-state index contributed by atoms with van der Waals surface area (Å²) in [6.07, 6.45) is 0. The Bertz CT molecular complexity index is 1090. The minimum absolute atomic E-state index is 0.0273. The van der Waals surface area contributed by atoms with Gasteiger partial charge in [-0.1, -0.05) is 36.4 Å². The number of benzene rings is 3. The minimum atomic E-state index is -0.401. The van der Waals surface area contributed by atoms with Gasteiger partial charge in [-0.2, -0.15) is 0 Å². The van der Waals surface area contributed by atoms with E-state index >= 15 is 0 Å². The molecule has 0 atom stereocenters. The van der Waals surface area contributed by atoms with E-state index in [0.29, 0.717) is 22.4 Å². The second kappa shape index (κ2) is 9.71. The average molecular weight is 415 g/mol. The molecule has 0 unspecified atom stereocenters. The fourth-order valence-electron chi connectivity index (χ4n) is 3.08. The first-order valence-corrected chi connectivity index (χ1v) is 10.0. The van der Waals surface area contributed by atoms with Gasteiger partial charge < -0.3 is 15.5 Å². The van der Waals surface area contributed by atoms with Crippen LogP contribution in [0.25, 0.3) is 0 Å². The van der Waals surface area contributed by atoms with Gasteiger partial charge in [0.2, 0.25) is 0 Å². The van der Waals surface area contributed by atoms with Crippen molar-refractivity contribution in [3.8, 4) is 0 Å². The van der Waals surface area contributed by atoms with Crippen LogP contribution in [0.3, 0.4) is 0 Å². The predicted octanol–water partition coefficient (Wildman–Crippen LogP) is 4.35. The lowest BCUT2D eigenvalue weighted by Crippen LogP contribution is -2.31. The standard InChI is InChI=1S/C25H25N3O3/c1-17(2)26-24(30)21-14-7-8-15-22(21)27-23(29)18-10-9-11-19(16-18)25(31)28(3)20-12-5-4-6-13-20/h4-17H,1-3H3,(H,26,30)(H,27,29). The summed E-state index contributed by atoms with van der Waals surface area (Å²) in [7, 11) is 1.69. The first-order valence-electron chi connectivity index (χ1n) is 10.0. The Balaban J connectivity index is 1.80. The van der Waals surface area contributed by atoms with Gasteiger partial charge in [-0.15, -0.1) is 0 Å². The molecule has 0 saturated carbocycles. The van der Waals surface area contributed by atoms with Gasteiger partial charge in [-0.05, 0) is 56.3 Å². The van der Waals surface area contributed by atoms with Crippen molar-refractivity contribution in [2.24, 2.45) is 0 Å². The number of nitrogens with zero attached hydrogens (tertiary/aromatic N) is 1. The van der Waals surface area contributed by atoms with Crippen molar-refractivity contribution < 1.29 is 14.4 Å². The highest BCUT2D eigenvalue weighted by Gasteiger charge is 2.17. The summed E-state index contributed by atoms with van der Waals surface area (Å²) in [5, 5.41) is 5.61. The van der Waals surface area contributed by atoms with Gasteiger partial charge in [0.15, 0.2) is 0 Å². The van der Waals surface area contributed by atoms with Crippen molar-refractivity contribution in [3.63, 3.8) is 0 Å². The molecule has 0 aliphatic rings. The number of amides is 3. The van der Waals surface area contributed by atoms with Gasteiger partial charge in [0, 0.05) is 29.9 Å². The monoisotopic (exact) mass is 415 g/mol. The molecule has 31 heavy (non-hydrogen) atoms. The minimum Gasteiger partial charge on any atom is -0.350 e. The number of carbonyl (C=O) groups excluding carboxylic acids is 3. The molecule has 158 valence electrons. The summed E-state index contributed by atoms with van der Waals surface area (Å²) < 4.78 is 0. The van der Waals surface area contributed by atoms with Crippen LogP contribution in [0.4, 0.5) is 11.4 Å². The van der Waals surface area contributed by atoms with E-state index in [9.17, 15) is 14.4 Å². The quantitative estimate of drug-likeness (QED) is 0.628. The molecule has 0 radical (unpaired) electrons. The molecule has 3 aromatic carbocycles. The summed E-state index contributed by atoms with van der Waals surface area (Å²) >= 11 is 0. The zero-order chi connectivity index (χ0) is 22.4. The van der Waals surface area contributed by atoms with Crippen LogP contribution in [0.15, 0.2) is 78.9 Å². The third-order valence-corrected chi connectivity index (χ3v) is 4.66. The first kappa shape index (κ1) is 21.8. The second-order valence-electron chi connectivity index (χ2n) is 7.41. The van der Waals surface area contributed by atoms with Crippen LogP contribution in [-0.2, 0) is 0 Å². The lowest BCUT2D eigenvalue weighted by molar-refractivity contribution is 0.0942. The topological polar surface area (TPSA) is 78.5 Å².